The van der Waals surface area contributed by atoms with Gasteiger partial charge < -0.3 is 9.84 Å². The minimum atomic E-state index is 0.116. The maximum absolute atomic E-state index is 11.9. The van der Waals surface area contributed by atoms with Gasteiger partial charge in [-0.1, -0.05) is 12.5 Å². The molecular formula is C21H30O3. The van der Waals surface area contributed by atoms with E-state index < -0.39 is 0 Å². The third kappa shape index (κ3) is 1.78. The topological polar surface area (TPSA) is 49.8 Å². The van der Waals surface area contributed by atoms with E-state index in [0.717, 1.165) is 49.9 Å². The second-order valence-corrected chi connectivity index (χ2v) is 9.36. The van der Waals surface area contributed by atoms with E-state index in [1.807, 2.05) is 6.08 Å². The molecule has 1 aliphatic heterocycles. The minimum Gasteiger partial charge on any atom is -0.396 e. The highest BCUT2D eigenvalue weighted by atomic mass is 16.6. The van der Waals surface area contributed by atoms with Crippen molar-refractivity contribution in [3.63, 3.8) is 0 Å². The first kappa shape index (κ1) is 15.6. The van der Waals surface area contributed by atoms with Crippen LogP contribution in [0.2, 0.25) is 0 Å². The van der Waals surface area contributed by atoms with Crippen LogP contribution < -0.4 is 0 Å². The number of carbonyl (C=O) groups is 1. The number of rotatable bonds is 3. The fraction of sp³-hybridized carbons (Fsp3) is 0.857. The van der Waals surface area contributed by atoms with E-state index in [1.165, 1.54) is 37.7 Å². The van der Waals surface area contributed by atoms with Crippen molar-refractivity contribution >= 4 is 5.78 Å². The third-order valence-electron chi connectivity index (χ3n) is 8.69. The largest absolute Gasteiger partial charge is 0.396 e. The van der Waals surface area contributed by atoms with Crippen LogP contribution in [0, 0.1) is 23.2 Å². The fourth-order valence-electron chi connectivity index (χ4n) is 7.53. The molecule has 0 amide bonds. The number of ether oxygens (including phenoxy) is 1. The monoisotopic (exact) mass is 330 g/mol. The Morgan fingerprint density at radius 2 is 2.00 bits per heavy atom. The van der Waals surface area contributed by atoms with Gasteiger partial charge in [-0.15, -0.1) is 0 Å². The Kier molecular flexibility index (Phi) is 3.21. The number of fused-ring (bicyclic) bond motifs is 4. The summed E-state index contributed by atoms with van der Waals surface area (Å²) in [6, 6.07) is 0. The van der Waals surface area contributed by atoms with Gasteiger partial charge in [0, 0.05) is 13.0 Å². The molecule has 0 bridgehead atoms. The molecule has 3 heteroatoms. The summed E-state index contributed by atoms with van der Waals surface area (Å²) >= 11 is 0. The van der Waals surface area contributed by atoms with E-state index in [-0.39, 0.29) is 23.2 Å². The molecule has 3 unspecified atom stereocenters. The van der Waals surface area contributed by atoms with Gasteiger partial charge in [-0.2, -0.15) is 0 Å². The molecule has 132 valence electrons. The van der Waals surface area contributed by atoms with Crippen molar-refractivity contribution in [3.05, 3.63) is 11.6 Å². The lowest BCUT2D eigenvalue weighted by molar-refractivity contribution is -0.117. The molecule has 0 radical (unpaired) electrons. The molecule has 0 aromatic carbocycles. The van der Waals surface area contributed by atoms with E-state index in [0.29, 0.717) is 5.78 Å². The van der Waals surface area contributed by atoms with Crippen LogP contribution in [0.15, 0.2) is 11.6 Å². The highest BCUT2D eigenvalue weighted by Gasteiger charge is 2.78. The zero-order valence-corrected chi connectivity index (χ0v) is 14.9. The number of epoxide rings is 1. The van der Waals surface area contributed by atoms with E-state index >= 15 is 0 Å². The van der Waals surface area contributed by atoms with Crippen molar-refractivity contribution in [1.29, 1.82) is 0 Å². The average Bonchev–Trinajstić information content (AvgIpc) is 3.09. The molecule has 0 aromatic rings. The molecule has 3 nitrogen and oxygen atoms in total. The van der Waals surface area contributed by atoms with Crippen molar-refractivity contribution in [1.82, 2.24) is 0 Å². The summed E-state index contributed by atoms with van der Waals surface area (Å²) in [5.41, 5.74) is 2.00. The summed E-state index contributed by atoms with van der Waals surface area (Å²) in [6.45, 7) is 2.74. The summed E-state index contributed by atoms with van der Waals surface area (Å²) in [6.07, 6.45) is 13.1. The van der Waals surface area contributed by atoms with Crippen LogP contribution in [0.1, 0.15) is 71.1 Å². The van der Waals surface area contributed by atoms with Gasteiger partial charge in [0.15, 0.2) is 5.78 Å². The molecule has 0 aromatic heterocycles. The van der Waals surface area contributed by atoms with Crippen LogP contribution >= 0.6 is 0 Å². The van der Waals surface area contributed by atoms with Gasteiger partial charge in [-0.25, -0.2) is 0 Å². The van der Waals surface area contributed by atoms with Crippen LogP contribution in [0.3, 0.4) is 0 Å². The van der Waals surface area contributed by atoms with Crippen molar-refractivity contribution < 1.29 is 14.6 Å². The fourth-order valence-corrected chi connectivity index (χ4v) is 7.53. The van der Waals surface area contributed by atoms with Gasteiger partial charge in [0.1, 0.15) is 5.60 Å². The highest BCUT2D eigenvalue weighted by Crippen LogP contribution is 2.74. The minimum absolute atomic E-state index is 0.116. The molecule has 4 fully saturated rings. The predicted octanol–water partition coefficient (Wildman–Crippen LogP) is 3.79. The van der Waals surface area contributed by atoms with Crippen molar-refractivity contribution in [2.45, 2.75) is 82.3 Å². The van der Waals surface area contributed by atoms with Crippen LogP contribution in [-0.2, 0) is 9.53 Å². The number of aliphatic hydroxyl groups excluding tert-OH is 1. The number of hydrogen-bond acceptors (Lipinski definition) is 3. The summed E-state index contributed by atoms with van der Waals surface area (Å²) in [4.78, 5) is 11.9. The van der Waals surface area contributed by atoms with Gasteiger partial charge in [-0.05, 0) is 87.0 Å². The average molecular weight is 330 g/mol. The molecular weight excluding hydrogens is 300 g/mol. The third-order valence-corrected chi connectivity index (χ3v) is 8.69. The van der Waals surface area contributed by atoms with Gasteiger partial charge in [-0.3, -0.25) is 4.79 Å². The first-order valence-electron chi connectivity index (χ1n) is 10.1. The molecule has 3 saturated carbocycles. The lowest BCUT2D eigenvalue weighted by Crippen LogP contribution is -2.50. The Morgan fingerprint density at radius 1 is 1.17 bits per heavy atom. The van der Waals surface area contributed by atoms with Crippen molar-refractivity contribution in [3.8, 4) is 0 Å². The summed E-state index contributed by atoms with van der Waals surface area (Å²) in [7, 11) is 0. The molecule has 1 heterocycles. The lowest BCUT2D eigenvalue weighted by Gasteiger charge is -2.55. The Bertz CT molecular complexity index is 610. The van der Waals surface area contributed by atoms with Crippen LogP contribution in [-0.4, -0.2) is 28.7 Å². The Morgan fingerprint density at radius 3 is 2.83 bits per heavy atom. The van der Waals surface area contributed by atoms with E-state index in [4.69, 9.17) is 4.74 Å². The summed E-state index contributed by atoms with van der Waals surface area (Å²) in [5, 5.41) is 9.24. The Hall–Kier alpha value is -0.670. The second kappa shape index (κ2) is 4.94. The molecule has 6 atom stereocenters. The lowest BCUT2D eigenvalue weighted by atomic mass is 9.49. The normalized spacial score (nSPS) is 52.0. The number of carbonyl (C=O) groups excluding carboxylic acids is 1. The van der Waals surface area contributed by atoms with E-state index in [9.17, 15) is 9.90 Å². The van der Waals surface area contributed by atoms with Gasteiger partial charge in [0.25, 0.3) is 0 Å². The summed E-state index contributed by atoms with van der Waals surface area (Å²) < 4.78 is 6.49. The molecule has 5 rings (SSSR count). The first-order valence-corrected chi connectivity index (χ1v) is 10.1. The Balaban J connectivity index is 1.43. The van der Waals surface area contributed by atoms with Crippen LogP contribution in [0.4, 0.5) is 0 Å². The molecule has 1 spiro atoms. The number of ketones is 1. The standard InChI is InChI=1S/C21H30O3/c1-19-9-5-15(23)13-14(19)3-4-16-17(19)7-11-21-18(16)6-10-20(21,24-21)8-2-12-22/h13,16-18,22H,2-12H2,1H3/t16?,17?,18?,19-,20-,21+/m0/s1. The Labute approximate surface area is 144 Å². The zero-order chi connectivity index (χ0) is 16.6. The quantitative estimate of drug-likeness (QED) is 0.801. The molecule has 1 N–H and O–H groups in total. The predicted molar refractivity (Wildman–Crippen MR) is 91.5 cm³/mol. The van der Waals surface area contributed by atoms with Gasteiger partial charge >= 0.3 is 0 Å². The number of hydrogen-bond donors (Lipinski definition) is 1. The zero-order valence-electron chi connectivity index (χ0n) is 14.9. The molecule has 1 saturated heterocycles. The van der Waals surface area contributed by atoms with Crippen molar-refractivity contribution in [2.24, 2.45) is 23.2 Å². The number of allylic oxidation sites excluding steroid dienone is 1. The van der Waals surface area contributed by atoms with E-state index in [2.05, 4.69) is 6.92 Å². The van der Waals surface area contributed by atoms with Crippen LogP contribution in [0.5, 0.6) is 0 Å². The van der Waals surface area contributed by atoms with Crippen molar-refractivity contribution in [2.75, 3.05) is 6.61 Å². The molecule has 24 heavy (non-hydrogen) atoms. The number of aliphatic hydroxyl groups is 1. The molecule has 4 aliphatic carbocycles. The second-order valence-electron chi connectivity index (χ2n) is 9.36. The SMILES string of the molecule is C[C@]12CCC(=O)C=C1CCC1C2CC[C@]23O[C@@]2(CCCO)CCC13. The van der Waals surface area contributed by atoms with E-state index in [1.54, 1.807) is 0 Å². The smallest absolute Gasteiger partial charge is 0.155 e. The maximum Gasteiger partial charge on any atom is 0.155 e. The molecule has 5 aliphatic rings. The maximum atomic E-state index is 11.9. The highest BCUT2D eigenvalue weighted by molar-refractivity contribution is 5.91. The summed E-state index contributed by atoms with van der Waals surface area (Å²) in [5.74, 6) is 2.61. The first-order chi connectivity index (χ1) is 11.5. The van der Waals surface area contributed by atoms with Gasteiger partial charge in [0.05, 0.1) is 5.60 Å². The van der Waals surface area contributed by atoms with Gasteiger partial charge in [0.2, 0.25) is 0 Å². The van der Waals surface area contributed by atoms with Crippen LogP contribution in [0.25, 0.3) is 0 Å².